The fourth-order valence-electron chi connectivity index (χ4n) is 2.54. The van der Waals surface area contributed by atoms with Crippen LogP contribution < -0.4 is 10.1 Å². The number of nitrogens with one attached hydrogen (secondary N) is 1. The first-order valence-electron chi connectivity index (χ1n) is 7.22. The molecule has 10 heteroatoms. The zero-order valence-electron chi connectivity index (χ0n) is 13.4. The highest BCUT2D eigenvalue weighted by Crippen LogP contribution is 2.20. The molecule has 1 fully saturated rings. The molecule has 0 bridgehead atoms. The second-order valence-electron chi connectivity index (χ2n) is 5.64. The van der Waals surface area contributed by atoms with Gasteiger partial charge in [-0.2, -0.15) is 4.31 Å². The van der Waals surface area contributed by atoms with Crippen LogP contribution in [0, 0.1) is 0 Å². The van der Waals surface area contributed by atoms with Crippen LogP contribution in [-0.4, -0.2) is 64.5 Å². The summed E-state index contributed by atoms with van der Waals surface area (Å²) in [6, 6.07) is 5.87. The molecule has 1 aliphatic heterocycles. The standard InChI is InChI=1S/C14H20N2O6S2/c1-22-13-5-3-11(4-6-13)15-14(17)9-16(23(2,18)19)12-7-8-24(20,21)10-12/h3-6,12H,7-10H2,1-2H3,(H,15,17). The highest BCUT2D eigenvalue weighted by Gasteiger charge is 2.37. The molecule has 1 aromatic carbocycles. The van der Waals surface area contributed by atoms with E-state index >= 15 is 0 Å². The van der Waals surface area contributed by atoms with Crippen LogP contribution in [0.15, 0.2) is 24.3 Å². The zero-order chi connectivity index (χ0) is 18.0. The van der Waals surface area contributed by atoms with Gasteiger partial charge in [-0.3, -0.25) is 4.79 Å². The largest absolute Gasteiger partial charge is 0.497 e. The summed E-state index contributed by atoms with van der Waals surface area (Å²) in [6.07, 6.45) is 1.17. The second kappa shape index (κ2) is 7.08. The molecule has 1 N–H and O–H groups in total. The van der Waals surface area contributed by atoms with Gasteiger partial charge in [0.15, 0.2) is 9.84 Å². The summed E-state index contributed by atoms with van der Waals surface area (Å²) in [5.74, 6) is -0.225. The maximum absolute atomic E-state index is 12.1. The summed E-state index contributed by atoms with van der Waals surface area (Å²) in [7, 11) is -5.44. The number of rotatable bonds is 6. The van der Waals surface area contributed by atoms with E-state index in [-0.39, 0.29) is 17.9 Å². The fraction of sp³-hybridized carbons (Fsp3) is 0.500. The summed E-state index contributed by atoms with van der Waals surface area (Å²) in [6.45, 7) is -0.426. The quantitative estimate of drug-likeness (QED) is 0.753. The van der Waals surface area contributed by atoms with Crippen LogP contribution in [0.5, 0.6) is 5.75 Å². The Balaban J connectivity index is 2.07. The van der Waals surface area contributed by atoms with Crippen LogP contribution in [0.1, 0.15) is 6.42 Å². The number of hydrogen-bond donors (Lipinski definition) is 1. The van der Waals surface area contributed by atoms with Crippen molar-refractivity contribution in [1.29, 1.82) is 0 Å². The molecule has 1 atom stereocenters. The van der Waals surface area contributed by atoms with E-state index in [1.165, 1.54) is 7.11 Å². The first-order chi connectivity index (χ1) is 11.1. The molecule has 1 aliphatic rings. The summed E-state index contributed by atoms with van der Waals surface area (Å²) >= 11 is 0. The van der Waals surface area contributed by atoms with Gasteiger partial charge in [-0.1, -0.05) is 0 Å². The molecule has 0 saturated carbocycles. The Morgan fingerprint density at radius 3 is 2.42 bits per heavy atom. The van der Waals surface area contributed by atoms with Crippen molar-refractivity contribution in [1.82, 2.24) is 4.31 Å². The van der Waals surface area contributed by atoms with E-state index in [0.29, 0.717) is 11.4 Å². The number of anilines is 1. The molecule has 0 spiro atoms. The molecule has 1 aromatic rings. The van der Waals surface area contributed by atoms with E-state index in [0.717, 1.165) is 10.6 Å². The number of sulfonamides is 1. The van der Waals surface area contributed by atoms with Crippen LogP contribution in [0.3, 0.4) is 0 Å². The van der Waals surface area contributed by atoms with Crippen molar-refractivity contribution in [2.45, 2.75) is 12.5 Å². The van der Waals surface area contributed by atoms with Crippen LogP contribution in [0.4, 0.5) is 5.69 Å². The Morgan fingerprint density at radius 2 is 1.96 bits per heavy atom. The smallest absolute Gasteiger partial charge is 0.239 e. The van der Waals surface area contributed by atoms with Crippen LogP contribution in [0.25, 0.3) is 0 Å². The number of carbonyl (C=O) groups excluding carboxylic acids is 1. The first kappa shape index (κ1) is 18.7. The van der Waals surface area contributed by atoms with Gasteiger partial charge in [0.2, 0.25) is 15.9 Å². The van der Waals surface area contributed by atoms with Crippen molar-refractivity contribution in [3.8, 4) is 5.75 Å². The SMILES string of the molecule is COc1ccc(NC(=O)CN(C2CCS(=O)(=O)C2)S(C)(=O)=O)cc1. The summed E-state index contributed by atoms with van der Waals surface area (Å²) in [5.41, 5.74) is 0.494. The number of sulfone groups is 1. The Labute approximate surface area is 141 Å². The van der Waals surface area contributed by atoms with E-state index in [1.807, 2.05) is 0 Å². The number of nitrogens with zero attached hydrogens (tertiary/aromatic N) is 1. The third kappa shape index (κ3) is 4.92. The first-order valence-corrected chi connectivity index (χ1v) is 10.9. The third-order valence-corrected chi connectivity index (χ3v) is 6.74. The Bertz CT molecular complexity index is 802. The number of benzene rings is 1. The predicted octanol–water partition coefficient (Wildman–Crippen LogP) is 0.0824. The lowest BCUT2D eigenvalue weighted by molar-refractivity contribution is -0.116. The molecule has 1 amide bonds. The summed E-state index contributed by atoms with van der Waals surface area (Å²) in [5, 5.41) is 2.59. The van der Waals surface area contributed by atoms with Crippen LogP contribution in [0.2, 0.25) is 0 Å². The number of methoxy groups -OCH3 is 1. The van der Waals surface area contributed by atoms with Crippen molar-refractivity contribution in [3.05, 3.63) is 24.3 Å². The number of ether oxygens (including phenoxy) is 1. The molecular weight excluding hydrogens is 356 g/mol. The van der Waals surface area contributed by atoms with Crippen molar-refractivity contribution >= 4 is 31.5 Å². The Morgan fingerprint density at radius 1 is 1.33 bits per heavy atom. The van der Waals surface area contributed by atoms with Gasteiger partial charge < -0.3 is 10.1 Å². The van der Waals surface area contributed by atoms with E-state index < -0.39 is 38.4 Å². The molecule has 1 saturated heterocycles. The van der Waals surface area contributed by atoms with Gasteiger partial charge in [0.1, 0.15) is 5.75 Å². The van der Waals surface area contributed by atoms with E-state index in [9.17, 15) is 21.6 Å². The Kier molecular flexibility index (Phi) is 5.51. The van der Waals surface area contributed by atoms with Gasteiger partial charge in [0, 0.05) is 11.7 Å². The predicted molar refractivity (Wildman–Crippen MR) is 90.2 cm³/mol. The van der Waals surface area contributed by atoms with Crippen molar-refractivity contribution < 1.29 is 26.4 Å². The molecule has 24 heavy (non-hydrogen) atoms. The number of hydrogen-bond acceptors (Lipinski definition) is 6. The highest BCUT2D eigenvalue weighted by atomic mass is 32.2. The molecule has 1 heterocycles. The van der Waals surface area contributed by atoms with E-state index in [4.69, 9.17) is 4.74 Å². The minimum Gasteiger partial charge on any atom is -0.497 e. The molecular formula is C14H20N2O6S2. The fourth-order valence-corrected chi connectivity index (χ4v) is 5.43. The van der Waals surface area contributed by atoms with Gasteiger partial charge in [-0.25, -0.2) is 16.8 Å². The lowest BCUT2D eigenvalue weighted by Gasteiger charge is -2.24. The average molecular weight is 376 g/mol. The van der Waals surface area contributed by atoms with E-state index in [1.54, 1.807) is 24.3 Å². The highest BCUT2D eigenvalue weighted by molar-refractivity contribution is 7.92. The maximum atomic E-state index is 12.1. The molecule has 8 nitrogen and oxygen atoms in total. The lowest BCUT2D eigenvalue weighted by atomic mass is 10.2. The van der Waals surface area contributed by atoms with Gasteiger partial charge in [-0.15, -0.1) is 0 Å². The molecule has 0 radical (unpaired) electrons. The number of amides is 1. The third-order valence-electron chi connectivity index (χ3n) is 3.71. The minimum atomic E-state index is -3.71. The van der Waals surface area contributed by atoms with Crippen LogP contribution in [-0.2, 0) is 24.7 Å². The van der Waals surface area contributed by atoms with Crippen molar-refractivity contribution in [2.24, 2.45) is 0 Å². The zero-order valence-corrected chi connectivity index (χ0v) is 15.1. The topological polar surface area (TPSA) is 110 Å². The summed E-state index contributed by atoms with van der Waals surface area (Å²) in [4.78, 5) is 12.1. The Hall–Kier alpha value is -1.65. The minimum absolute atomic E-state index is 0.0657. The molecule has 1 unspecified atom stereocenters. The van der Waals surface area contributed by atoms with Gasteiger partial charge in [0.25, 0.3) is 0 Å². The summed E-state index contributed by atoms with van der Waals surface area (Å²) < 4.78 is 53.0. The van der Waals surface area contributed by atoms with Gasteiger partial charge in [0.05, 0.1) is 31.4 Å². The molecule has 0 aliphatic carbocycles. The monoisotopic (exact) mass is 376 g/mol. The van der Waals surface area contributed by atoms with Gasteiger partial charge in [-0.05, 0) is 30.7 Å². The second-order valence-corrected chi connectivity index (χ2v) is 9.81. The maximum Gasteiger partial charge on any atom is 0.239 e. The molecule has 134 valence electrons. The van der Waals surface area contributed by atoms with Crippen LogP contribution >= 0.6 is 0 Å². The molecule has 0 aromatic heterocycles. The van der Waals surface area contributed by atoms with Crippen molar-refractivity contribution in [2.75, 3.05) is 36.7 Å². The lowest BCUT2D eigenvalue weighted by Crippen LogP contribution is -2.44. The molecule has 2 rings (SSSR count). The van der Waals surface area contributed by atoms with Gasteiger partial charge >= 0.3 is 0 Å². The van der Waals surface area contributed by atoms with Crippen molar-refractivity contribution in [3.63, 3.8) is 0 Å². The number of carbonyl (C=O) groups is 1. The van der Waals surface area contributed by atoms with E-state index in [2.05, 4.69) is 5.32 Å². The normalized spacial score (nSPS) is 20.0. The average Bonchev–Trinajstić information content (AvgIpc) is 2.84.